The molecule has 0 heterocycles. The van der Waals surface area contributed by atoms with Gasteiger partial charge in [-0.3, -0.25) is 4.79 Å². The maximum Gasteiger partial charge on any atom is 0.326 e. The topological polar surface area (TPSA) is 96.9 Å². The van der Waals surface area contributed by atoms with Crippen LogP contribution in [0.4, 0.5) is 11.4 Å². The second-order valence-corrected chi connectivity index (χ2v) is 11.2. The van der Waals surface area contributed by atoms with Crippen molar-refractivity contribution in [1.82, 2.24) is 5.32 Å². The fraction of sp³-hybridized carbons (Fsp3) is 0.158. The SMILES string of the molecule is CCCCOc1cccc(Nc2ccc(Cl)cc2C(=O)N[C@@H](Cc2ccc(-c3ccccc3Oc3ccccc3)cc2)C(=O)O)c1. The maximum atomic E-state index is 13.5. The molecule has 3 N–H and O–H groups in total. The number of aliphatic carboxylic acids is 1. The summed E-state index contributed by atoms with van der Waals surface area (Å²) in [7, 11) is 0. The monoisotopic (exact) mass is 634 g/mol. The Kier molecular flexibility index (Phi) is 10.9. The van der Waals surface area contributed by atoms with E-state index in [0.29, 0.717) is 28.8 Å². The van der Waals surface area contributed by atoms with E-state index in [0.717, 1.165) is 41.0 Å². The van der Waals surface area contributed by atoms with Gasteiger partial charge in [0.2, 0.25) is 0 Å². The van der Waals surface area contributed by atoms with Crippen LogP contribution in [0.25, 0.3) is 11.1 Å². The van der Waals surface area contributed by atoms with E-state index in [1.807, 2.05) is 103 Å². The maximum absolute atomic E-state index is 13.5. The number of hydrogen-bond donors (Lipinski definition) is 3. The van der Waals surface area contributed by atoms with E-state index in [9.17, 15) is 14.7 Å². The molecule has 46 heavy (non-hydrogen) atoms. The first kappa shape index (κ1) is 32.1. The highest BCUT2D eigenvalue weighted by molar-refractivity contribution is 6.31. The van der Waals surface area contributed by atoms with E-state index in [2.05, 4.69) is 17.6 Å². The Labute approximate surface area is 273 Å². The van der Waals surface area contributed by atoms with Gasteiger partial charge < -0.3 is 25.2 Å². The van der Waals surface area contributed by atoms with E-state index in [1.165, 1.54) is 6.07 Å². The molecule has 5 aromatic rings. The van der Waals surface area contributed by atoms with Gasteiger partial charge in [-0.05, 0) is 66.1 Å². The number of carbonyl (C=O) groups excluding carboxylic acids is 1. The molecule has 0 aliphatic heterocycles. The highest BCUT2D eigenvalue weighted by Crippen LogP contribution is 2.33. The van der Waals surface area contributed by atoms with Crippen molar-refractivity contribution < 1.29 is 24.2 Å². The first-order valence-corrected chi connectivity index (χ1v) is 15.5. The molecule has 5 aromatic carbocycles. The molecule has 0 saturated heterocycles. The lowest BCUT2D eigenvalue weighted by Gasteiger charge is -2.18. The average Bonchev–Trinajstić information content (AvgIpc) is 3.06. The van der Waals surface area contributed by atoms with E-state index < -0.39 is 17.9 Å². The van der Waals surface area contributed by atoms with Gasteiger partial charge in [-0.2, -0.15) is 0 Å². The molecule has 0 aliphatic carbocycles. The van der Waals surface area contributed by atoms with E-state index in [1.54, 1.807) is 12.1 Å². The molecule has 1 amide bonds. The van der Waals surface area contributed by atoms with Gasteiger partial charge in [0.05, 0.1) is 17.9 Å². The second-order valence-electron chi connectivity index (χ2n) is 10.7. The van der Waals surface area contributed by atoms with Gasteiger partial charge in [0.15, 0.2) is 0 Å². The van der Waals surface area contributed by atoms with Crippen LogP contribution >= 0.6 is 11.6 Å². The van der Waals surface area contributed by atoms with Gasteiger partial charge in [-0.25, -0.2) is 4.79 Å². The zero-order chi connectivity index (χ0) is 32.3. The molecule has 0 saturated carbocycles. The molecule has 0 unspecified atom stereocenters. The summed E-state index contributed by atoms with van der Waals surface area (Å²) >= 11 is 6.26. The molecule has 8 heteroatoms. The molecule has 0 fully saturated rings. The van der Waals surface area contributed by atoms with Gasteiger partial charge in [0, 0.05) is 28.8 Å². The summed E-state index contributed by atoms with van der Waals surface area (Å²) < 4.78 is 11.9. The lowest BCUT2D eigenvalue weighted by atomic mass is 9.99. The Morgan fingerprint density at radius 3 is 2.33 bits per heavy atom. The zero-order valence-corrected chi connectivity index (χ0v) is 26.2. The van der Waals surface area contributed by atoms with Crippen molar-refractivity contribution in [3.8, 4) is 28.4 Å². The Hall–Kier alpha value is -5.27. The van der Waals surface area contributed by atoms with Crippen molar-refractivity contribution in [2.45, 2.75) is 32.2 Å². The molecule has 5 rings (SSSR count). The summed E-state index contributed by atoms with van der Waals surface area (Å²) in [5, 5.41) is 16.3. The number of carbonyl (C=O) groups is 2. The minimum absolute atomic E-state index is 0.0873. The second kappa shape index (κ2) is 15.6. The summed E-state index contributed by atoms with van der Waals surface area (Å²) in [6.07, 6.45) is 2.07. The molecule has 0 aromatic heterocycles. The highest BCUT2D eigenvalue weighted by Gasteiger charge is 2.23. The zero-order valence-electron chi connectivity index (χ0n) is 25.4. The van der Waals surface area contributed by atoms with Crippen LogP contribution in [-0.2, 0) is 11.2 Å². The normalized spacial score (nSPS) is 11.3. The molecule has 0 spiro atoms. The summed E-state index contributed by atoms with van der Waals surface area (Å²) in [5.41, 5.74) is 4.00. The molecule has 234 valence electrons. The van der Waals surface area contributed by atoms with Gasteiger partial charge in [0.25, 0.3) is 5.91 Å². The first-order chi connectivity index (χ1) is 22.4. The Morgan fingerprint density at radius 1 is 0.826 bits per heavy atom. The van der Waals surface area contributed by atoms with Gasteiger partial charge in [-0.15, -0.1) is 0 Å². The molecule has 0 bridgehead atoms. The predicted octanol–water partition coefficient (Wildman–Crippen LogP) is 9.15. The number of para-hydroxylation sites is 2. The number of halogens is 1. The molecular weight excluding hydrogens is 600 g/mol. The average molecular weight is 635 g/mol. The summed E-state index contributed by atoms with van der Waals surface area (Å²) in [6.45, 7) is 2.72. The van der Waals surface area contributed by atoms with E-state index in [-0.39, 0.29) is 12.0 Å². The van der Waals surface area contributed by atoms with Crippen LogP contribution in [0.15, 0.2) is 121 Å². The van der Waals surface area contributed by atoms with Crippen molar-refractivity contribution >= 4 is 34.9 Å². The quantitative estimate of drug-likeness (QED) is 0.105. The number of anilines is 2. The number of carboxylic acid groups (broad SMARTS) is 1. The van der Waals surface area contributed by atoms with Crippen LogP contribution in [0.3, 0.4) is 0 Å². The Morgan fingerprint density at radius 2 is 1.57 bits per heavy atom. The van der Waals surface area contributed by atoms with Gasteiger partial charge in [-0.1, -0.05) is 91.7 Å². The van der Waals surface area contributed by atoms with Crippen molar-refractivity contribution in [2.24, 2.45) is 0 Å². The van der Waals surface area contributed by atoms with Crippen LogP contribution in [0.1, 0.15) is 35.7 Å². The third-order valence-electron chi connectivity index (χ3n) is 7.27. The van der Waals surface area contributed by atoms with E-state index in [4.69, 9.17) is 21.1 Å². The number of ether oxygens (including phenoxy) is 2. The van der Waals surface area contributed by atoms with Crippen molar-refractivity contribution in [3.05, 3.63) is 137 Å². The van der Waals surface area contributed by atoms with Crippen molar-refractivity contribution in [2.75, 3.05) is 11.9 Å². The minimum atomic E-state index is -1.17. The van der Waals surface area contributed by atoms with Crippen LogP contribution in [-0.4, -0.2) is 29.6 Å². The fourth-order valence-electron chi connectivity index (χ4n) is 4.87. The van der Waals surface area contributed by atoms with Crippen molar-refractivity contribution in [1.29, 1.82) is 0 Å². The molecule has 7 nitrogen and oxygen atoms in total. The van der Waals surface area contributed by atoms with Crippen molar-refractivity contribution in [3.63, 3.8) is 0 Å². The number of hydrogen-bond acceptors (Lipinski definition) is 5. The van der Waals surface area contributed by atoms with Crippen LogP contribution < -0.4 is 20.1 Å². The Bertz CT molecular complexity index is 1780. The van der Waals surface area contributed by atoms with Gasteiger partial charge in [0.1, 0.15) is 23.3 Å². The molecule has 0 aliphatic rings. The van der Waals surface area contributed by atoms with E-state index >= 15 is 0 Å². The van der Waals surface area contributed by atoms with Gasteiger partial charge >= 0.3 is 5.97 Å². The van der Waals surface area contributed by atoms with Crippen LogP contribution in [0.5, 0.6) is 17.2 Å². The predicted molar refractivity (Wildman–Crippen MR) is 183 cm³/mol. The van der Waals surface area contributed by atoms with Crippen LogP contribution in [0.2, 0.25) is 5.02 Å². The Balaban J connectivity index is 1.29. The summed E-state index contributed by atoms with van der Waals surface area (Å²) in [6, 6.07) is 36.0. The molecule has 1 atom stereocenters. The number of benzene rings is 5. The number of amides is 1. The third-order valence-corrected chi connectivity index (χ3v) is 7.51. The number of rotatable bonds is 14. The molecule has 0 radical (unpaired) electrons. The lowest BCUT2D eigenvalue weighted by Crippen LogP contribution is -2.42. The summed E-state index contributed by atoms with van der Waals surface area (Å²) in [4.78, 5) is 25.7. The minimum Gasteiger partial charge on any atom is -0.494 e. The van der Waals surface area contributed by atoms with Crippen LogP contribution in [0, 0.1) is 0 Å². The molecular formula is C38H35ClN2O5. The smallest absolute Gasteiger partial charge is 0.326 e. The summed E-state index contributed by atoms with van der Waals surface area (Å²) in [5.74, 6) is 0.444. The first-order valence-electron chi connectivity index (χ1n) is 15.1. The highest BCUT2D eigenvalue weighted by atomic mass is 35.5. The number of carboxylic acids is 1. The number of nitrogens with one attached hydrogen (secondary N) is 2. The lowest BCUT2D eigenvalue weighted by molar-refractivity contribution is -0.139. The largest absolute Gasteiger partial charge is 0.494 e. The standard InChI is InChI=1S/C38H35ClN2O5/c1-2-3-22-45-31-13-9-10-29(25-31)40-34-21-20-28(39)24-33(34)37(42)41-35(38(43)44)23-26-16-18-27(19-17-26)32-14-7-8-15-36(32)46-30-11-5-4-6-12-30/h4-21,24-25,35,40H,2-3,22-23H2,1H3,(H,41,42)(H,43,44)/t35-/m0/s1. The number of unbranched alkanes of at least 4 members (excludes halogenated alkanes) is 1. The third kappa shape index (κ3) is 8.67. The fourth-order valence-corrected chi connectivity index (χ4v) is 5.04.